The molecule has 0 aliphatic rings. The number of sulfonamides is 1. The normalized spacial score (nSPS) is 11.8. The van der Waals surface area contributed by atoms with E-state index >= 15 is 0 Å². The quantitative estimate of drug-likeness (QED) is 0.842. The van der Waals surface area contributed by atoms with E-state index in [1.807, 2.05) is 30.3 Å². The van der Waals surface area contributed by atoms with Crippen molar-refractivity contribution in [3.05, 3.63) is 64.1 Å². The second-order valence-electron chi connectivity index (χ2n) is 4.66. The maximum atomic E-state index is 12.6. The van der Waals surface area contributed by atoms with Crippen molar-refractivity contribution in [1.29, 1.82) is 0 Å². The SMILES string of the molecule is Cc1ccccc1S(=O)(=O)N(C)Cc1cccc(Br)c1. The lowest BCUT2D eigenvalue weighted by Gasteiger charge is -2.18. The van der Waals surface area contributed by atoms with Crippen molar-refractivity contribution in [3.8, 4) is 0 Å². The average Bonchev–Trinajstić information content (AvgIpc) is 2.39. The molecule has 0 aliphatic heterocycles. The van der Waals surface area contributed by atoms with Crippen molar-refractivity contribution in [2.45, 2.75) is 18.4 Å². The summed E-state index contributed by atoms with van der Waals surface area (Å²) in [6.45, 7) is 2.15. The molecule has 0 atom stereocenters. The molecule has 2 aromatic rings. The standard InChI is InChI=1S/C15H16BrNO2S/c1-12-6-3-4-9-15(12)20(18,19)17(2)11-13-7-5-8-14(16)10-13/h3-10H,11H2,1-2H3. The Morgan fingerprint density at radius 3 is 2.45 bits per heavy atom. The lowest BCUT2D eigenvalue weighted by Crippen LogP contribution is -2.27. The molecular formula is C15H16BrNO2S. The Kier molecular flexibility index (Phi) is 4.62. The smallest absolute Gasteiger partial charge is 0.207 e. The zero-order chi connectivity index (χ0) is 14.8. The van der Waals surface area contributed by atoms with Gasteiger partial charge in [0.15, 0.2) is 0 Å². The van der Waals surface area contributed by atoms with Crippen LogP contribution in [0.5, 0.6) is 0 Å². The van der Waals surface area contributed by atoms with E-state index in [2.05, 4.69) is 15.9 Å². The van der Waals surface area contributed by atoms with E-state index in [0.29, 0.717) is 11.4 Å². The van der Waals surface area contributed by atoms with E-state index in [4.69, 9.17) is 0 Å². The van der Waals surface area contributed by atoms with Gasteiger partial charge in [-0.05, 0) is 36.2 Å². The van der Waals surface area contributed by atoms with E-state index in [0.717, 1.165) is 15.6 Å². The van der Waals surface area contributed by atoms with Crippen LogP contribution in [0, 0.1) is 6.92 Å². The van der Waals surface area contributed by atoms with Crippen LogP contribution in [-0.2, 0) is 16.6 Å². The first-order chi connectivity index (χ1) is 9.41. The predicted molar refractivity (Wildman–Crippen MR) is 84.0 cm³/mol. The minimum atomic E-state index is -3.46. The van der Waals surface area contributed by atoms with E-state index in [-0.39, 0.29) is 0 Å². The van der Waals surface area contributed by atoms with Gasteiger partial charge in [0.25, 0.3) is 0 Å². The largest absolute Gasteiger partial charge is 0.243 e. The number of hydrogen-bond donors (Lipinski definition) is 0. The summed E-state index contributed by atoms with van der Waals surface area (Å²) < 4.78 is 27.4. The van der Waals surface area contributed by atoms with Gasteiger partial charge in [-0.3, -0.25) is 0 Å². The second kappa shape index (κ2) is 6.08. The van der Waals surface area contributed by atoms with Gasteiger partial charge in [-0.1, -0.05) is 46.3 Å². The van der Waals surface area contributed by atoms with Crippen LogP contribution in [0.3, 0.4) is 0 Å². The molecule has 0 heterocycles. The summed E-state index contributed by atoms with van der Waals surface area (Å²) in [4.78, 5) is 0.359. The molecule has 0 radical (unpaired) electrons. The van der Waals surface area contributed by atoms with Crippen molar-refractivity contribution in [2.75, 3.05) is 7.05 Å². The topological polar surface area (TPSA) is 37.4 Å². The summed E-state index contributed by atoms with van der Waals surface area (Å²) in [5, 5.41) is 0. The summed E-state index contributed by atoms with van der Waals surface area (Å²) in [7, 11) is -1.86. The van der Waals surface area contributed by atoms with Gasteiger partial charge in [-0.25, -0.2) is 8.42 Å². The molecule has 0 fully saturated rings. The molecule has 0 aliphatic carbocycles. The number of rotatable bonds is 4. The third-order valence-electron chi connectivity index (χ3n) is 3.08. The maximum absolute atomic E-state index is 12.6. The van der Waals surface area contributed by atoms with Crippen molar-refractivity contribution >= 4 is 26.0 Å². The number of benzene rings is 2. The fourth-order valence-corrected chi connectivity index (χ4v) is 3.82. The van der Waals surface area contributed by atoms with Gasteiger partial charge >= 0.3 is 0 Å². The zero-order valence-corrected chi connectivity index (χ0v) is 13.8. The number of hydrogen-bond acceptors (Lipinski definition) is 2. The Bertz CT molecular complexity index is 713. The molecule has 0 spiro atoms. The lowest BCUT2D eigenvalue weighted by atomic mass is 10.2. The summed E-state index contributed by atoms with van der Waals surface area (Å²) in [5.74, 6) is 0. The van der Waals surface area contributed by atoms with Gasteiger partial charge in [0, 0.05) is 18.1 Å². The molecule has 0 bridgehead atoms. The molecule has 0 saturated heterocycles. The summed E-state index contributed by atoms with van der Waals surface area (Å²) in [6.07, 6.45) is 0. The summed E-state index contributed by atoms with van der Waals surface area (Å²) in [6, 6.07) is 14.7. The molecule has 0 saturated carbocycles. The fourth-order valence-electron chi connectivity index (χ4n) is 1.99. The van der Waals surface area contributed by atoms with Crippen molar-refractivity contribution in [2.24, 2.45) is 0 Å². The van der Waals surface area contributed by atoms with Gasteiger partial charge in [-0.15, -0.1) is 0 Å². The van der Waals surface area contributed by atoms with E-state index < -0.39 is 10.0 Å². The molecular weight excluding hydrogens is 338 g/mol. The second-order valence-corrected chi connectivity index (χ2v) is 7.59. The fraction of sp³-hybridized carbons (Fsp3) is 0.200. The minimum absolute atomic E-state index is 0.343. The van der Waals surface area contributed by atoms with Crippen molar-refractivity contribution in [1.82, 2.24) is 4.31 Å². The van der Waals surface area contributed by atoms with Gasteiger partial charge in [0.05, 0.1) is 4.90 Å². The van der Waals surface area contributed by atoms with Crippen LogP contribution in [0.25, 0.3) is 0 Å². The maximum Gasteiger partial charge on any atom is 0.243 e. The van der Waals surface area contributed by atoms with Crippen molar-refractivity contribution < 1.29 is 8.42 Å². The average molecular weight is 354 g/mol. The molecule has 2 aromatic carbocycles. The Morgan fingerprint density at radius 2 is 1.80 bits per heavy atom. The van der Waals surface area contributed by atoms with E-state index in [1.165, 1.54) is 4.31 Å². The van der Waals surface area contributed by atoms with Crippen LogP contribution < -0.4 is 0 Å². The van der Waals surface area contributed by atoms with Gasteiger partial charge in [-0.2, -0.15) is 4.31 Å². The molecule has 0 amide bonds. The van der Waals surface area contributed by atoms with Gasteiger partial charge in [0.1, 0.15) is 0 Å². The van der Waals surface area contributed by atoms with Crippen LogP contribution >= 0.6 is 15.9 Å². The lowest BCUT2D eigenvalue weighted by molar-refractivity contribution is 0.466. The van der Waals surface area contributed by atoms with E-state index in [9.17, 15) is 8.42 Å². The first-order valence-corrected chi connectivity index (χ1v) is 8.41. The summed E-state index contributed by atoms with van der Waals surface area (Å²) >= 11 is 3.39. The van der Waals surface area contributed by atoms with Crippen LogP contribution in [0.2, 0.25) is 0 Å². The van der Waals surface area contributed by atoms with Crippen LogP contribution in [-0.4, -0.2) is 19.8 Å². The van der Waals surface area contributed by atoms with Crippen molar-refractivity contribution in [3.63, 3.8) is 0 Å². The third kappa shape index (κ3) is 3.29. The first kappa shape index (κ1) is 15.2. The molecule has 3 nitrogen and oxygen atoms in total. The first-order valence-electron chi connectivity index (χ1n) is 6.17. The molecule has 0 unspecified atom stereocenters. The number of halogens is 1. The monoisotopic (exact) mass is 353 g/mol. The highest BCUT2D eigenvalue weighted by molar-refractivity contribution is 9.10. The molecule has 0 N–H and O–H groups in total. The van der Waals surface area contributed by atoms with E-state index in [1.54, 1.807) is 32.2 Å². The molecule has 2 rings (SSSR count). The molecule has 5 heteroatoms. The van der Waals surface area contributed by atoms with Gasteiger partial charge in [0.2, 0.25) is 10.0 Å². The Balaban J connectivity index is 2.29. The van der Waals surface area contributed by atoms with Crippen LogP contribution in [0.4, 0.5) is 0 Å². The molecule has 20 heavy (non-hydrogen) atoms. The van der Waals surface area contributed by atoms with Gasteiger partial charge < -0.3 is 0 Å². The molecule has 0 aromatic heterocycles. The highest BCUT2D eigenvalue weighted by Crippen LogP contribution is 2.21. The van der Waals surface area contributed by atoms with Crippen LogP contribution in [0.1, 0.15) is 11.1 Å². The highest BCUT2D eigenvalue weighted by Gasteiger charge is 2.22. The third-order valence-corrected chi connectivity index (χ3v) is 5.53. The minimum Gasteiger partial charge on any atom is -0.207 e. The Hall–Kier alpha value is -1.17. The summed E-state index contributed by atoms with van der Waals surface area (Å²) in [5.41, 5.74) is 1.70. The predicted octanol–water partition coefficient (Wildman–Crippen LogP) is 3.58. The Labute approximate surface area is 128 Å². The Morgan fingerprint density at radius 1 is 1.10 bits per heavy atom. The van der Waals surface area contributed by atoms with Crippen LogP contribution in [0.15, 0.2) is 57.9 Å². The number of nitrogens with zero attached hydrogens (tertiary/aromatic N) is 1. The molecule has 106 valence electrons. The highest BCUT2D eigenvalue weighted by atomic mass is 79.9. The number of aryl methyl sites for hydroxylation is 1. The zero-order valence-electron chi connectivity index (χ0n) is 11.4.